The van der Waals surface area contributed by atoms with E-state index in [9.17, 15) is 9.18 Å². The molecule has 0 spiro atoms. The molecule has 0 unspecified atom stereocenters. The van der Waals surface area contributed by atoms with E-state index in [4.69, 9.17) is 7.85 Å². The molecule has 0 aliphatic heterocycles. The van der Waals surface area contributed by atoms with E-state index >= 15 is 0 Å². The number of H-pyrrole nitrogens is 1. The third-order valence-electron chi connectivity index (χ3n) is 2.83. The number of aromatic amines is 1. The summed E-state index contributed by atoms with van der Waals surface area (Å²) in [5, 5.41) is 0. The van der Waals surface area contributed by atoms with Gasteiger partial charge in [0.1, 0.15) is 24.9 Å². The molecule has 16 heavy (non-hydrogen) atoms. The highest BCUT2D eigenvalue weighted by molar-refractivity contribution is 6.33. The van der Waals surface area contributed by atoms with Crippen molar-refractivity contribution in [3.8, 4) is 0 Å². The molecular weight excluding hydrogens is 206 g/mol. The summed E-state index contributed by atoms with van der Waals surface area (Å²) in [6.45, 7) is 0. The van der Waals surface area contributed by atoms with Gasteiger partial charge >= 0.3 is 0 Å². The van der Waals surface area contributed by atoms with Gasteiger partial charge in [0, 0.05) is 5.92 Å². The minimum atomic E-state index is -0.607. The van der Waals surface area contributed by atoms with Crippen LogP contribution in [0.15, 0.2) is 16.9 Å². The van der Waals surface area contributed by atoms with Gasteiger partial charge in [-0.25, -0.2) is 9.37 Å². The van der Waals surface area contributed by atoms with Crippen molar-refractivity contribution in [2.24, 2.45) is 0 Å². The predicted octanol–water partition coefficient (Wildman–Crippen LogP) is 0.733. The summed E-state index contributed by atoms with van der Waals surface area (Å²) in [5.74, 6) is -0.363. The lowest BCUT2D eigenvalue weighted by Crippen LogP contribution is -2.18. The fourth-order valence-electron chi connectivity index (χ4n) is 1.79. The zero-order valence-electron chi connectivity index (χ0n) is 8.46. The lowest BCUT2D eigenvalue weighted by atomic mass is 9.95. The van der Waals surface area contributed by atoms with E-state index in [1.807, 2.05) is 0 Å². The lowest BCUT2D eigenvalue weighted by molar-refractivity contribution is 0.643. The van der Waals surface area contributed by atoms with E-state index in [1.54, 1.807) is 6.07 Å². The van der Waals surface area contributed by atoms with E-state index in [0.29, 0.717) is 11.2 Å². The van der Waals surface area contributed by atoms with E-state index in [-0.39, 0.29) is 22.5 Å². The molecule has 1 fully saturated rings. The van der Waals surface area contributed by atoms with Gasteiger partial charge in [-0.15, -0.1) is 0 Å². The molecule has 1 aromatic carbocycles. The Morgan fingerprint density at radius 2 is 2.19 bits per heavy atom. The maximum Gasteiger partial charge on any atom is 0.270 e. The maximum absolute atomic E-state index is 13.6. The second-order valence-corrected chi connectivity index (χ2v) is 4.09. The van der Waals surface area contributed by atoms with Gasteiger partial charge < -0.3 is 4.98 Å². The van der Waals surface area contributed by atoms with Crippen LogP contribution >= 0.6 is 0 Å². The monoisotopic (exact) mass is 214 g/mol. The average Bonchev–Trinajstić information content (AvgIpc) is 3.08. The van der Waals surface area contributed by atoms with Gasteiger partial charge in [-0.05, 0) is 18.9 Å². The van der Waals surface area contributed by atoms with Crippen molar-refractivity contribution in [2.75, 3.05) is 0 Å². The number of hydrogen-bond acceptors (Lipinski definition) is 2. The zero-order valence-corrected chi connectivity index (χ0v) is 8.46. The standard InChI is InChI=1S/C11H8BFN2O/c12-6-3-4-7-10(8(6)13)15-11(16)9(14-7)5-1-2-5/h3-5H,1-2H2,(H,15,16). The van der Waals surface area contributed by atoms with Crippen molar-refractivity contribution >= 4 is 24.3 Å². The van der Waals surface area contributed by atoms with Gasteiger partial charge in [-0.1, -0.05) is 11.5 Å². The van der Waals surface area contributed by atoms with Crippen LogP contribution in [0.25, 0.3) is 11.0 Å². The Hall–Kier alpha value is -1.65. The Morgan fingerprint density at radius 3 is 2.88 bits per heavy atom. The van der Waals surface area contributed by atoms with Crippen LogP contribution in [0.5, 0.6) is 0 Å². The first kappa shape index (κ1) is 9.57. The fraction of sp³-hybridized carbons (Fsp3) is 0.273. The Balaban J connectivity index is 2.34. The Morgan fingerprint density at radius 1 is 1.44 bits per heavy atom. The minimum Gasteiger partial charge on any atom is -0.317 e. The van der Waals surface area contributed by atoms with Crippen LogP contribution in [0.3, 0.4) is 0 Å². The van der Waals surface area contributed by atoms with Gasteiger partial charge in [0.25, 0.3) is 5.56 Å². The normalized spacial score (nSPS) is 15.6. The van der Waals surface area contributed by atoms with Crippen molar-refractivity contribution in [2.45, 2.75) is 18.8 Å². The smallest absolute Gasteiger partial charge is 0.270 e. The SMILES string of the molecule is [B]c1ccc2nc(C3CC3)c(=O)[nH]c2c1F. The second kappa shape index (κ2) is 3.17. The molecule has 1 N–H and O–H groups in total. The van der Waals surface area contributed by atoms with Gasteiger partial charge in [0.2, 0.25) is 0 Å². The highest BCUT2D eigenvalue weighted by atomic mass is 19.1. The van der Waals surface area contributed by atoms with E-state index in [2.05, 4.69) is 9.97 Å². The first-order valence-corrected chi connectivity index (χ1v) is 5.14. The summed E-state index contributed by atoms with van der Waals surface area (Å²) in [5.41, 5.74) is 0.767. The average molecular weight is 214 g/mol. The van der Waals surface area contributed by atoms with E-state index in [1.165, 1.54) is 6.07 Å². The molecule has 1 aliphatic rings. The third kappa shape index (κ3) is 1.35. The van der Waals surface area contributed by atoms with Gasteiger partial charge in [-0.3, -0.25) is 4.79 Å². The number of hydrogen-bond donors (Lipinski definition) is 1. The summed E-state index contributed by atoms with van der Waals surface area (Å²) < 4.78 is 13.6. The topological polar surface area (TPSA) is 45.8 Å². The van der Waals surface area contributed by atoms with Gasteiger partial charge in [-0.2, -0.15) is 0 Å². The summed E-state index contributed by atoms with van der Waals surface area (Å²) in [6.07, 6.45) is 1.97. The Kier molecular flexibility index (Phi) is 1.90. The molecule has 2 radical (unpaired) electrons. The van der Waals surface area contributed by atoms with Crippen molar-refractivity contribution < 1.29 is 4.39 Å². The fourth-order valence-corrected chi connectivity index (χ4v) is 1.79. The molecule has 0 saturated heterocycles. The van der Waals surface area contributed by atoms with Crippen LogP contribution in [0.4, 0.5) is 4.39 Å². The largest absolute Gasteiger partial charge is 0.317 e. The summed E-state index contributed by atoms with van der Waals surface area (Å²) in [4.78, 5) is 18.4. The minimum absolute atomic E-state index is 0.0177. The molecule has 0 bridgehead atoms. The number of aromatic nitrogens is 2. The number of rotatable bonds is 1. The van der Waals surface area contributed by atoms with Crippen molar-refractivity contribution in [3.63, 3.8) is 0 Å². The summed E-state index contributed by atoms with van der Waals surface area (Å²) in [6, 6.07) is 3.08. The van der Waals surface area contributed by atoms with Crippen molar-refractivity contribution in [1.29, 1.82) is 0 Å². The highest BCUT2D eigenvalue weighted by Gasteiger charge is 2.28. The van der Waals surface area contributed by atoms with Crippen LogP contribution in [0.2, 0.25) is 0 Å². The molecule has 3 nitrogen and oxygen atoms in total. The molecule has 3 rings (SSSR count). The first-order chi connectivity index (χ1) is 7.66. The number of benzene rings is 1. The number of nitrogens with zero attached hydrogens (tertiary/aromatic N) is 1. The molecule has 0 atom stereocenters. The second-order valence-electron chi connectivity index (χ2n) is 4.09. The van der Waals surface area contributed by atoms with Crippen LogP contribution in [-0.4, -0.2) is 17.8 Å². The van der Waals surface area contributed by atoms with Crippen LogP contribution in [-0.2, 0) is 0 Å². The molecule has 1 aliphatic carbocycles. The molecule has 0 amide bonds. The Bertz CT molecular complexity index is 634. The molecule has 5 heteroatoms. The number of halogens is 1. The van der Waals surface area contributed by atoms with E-state index < -0.39 is 5.82 Å². The van der Waals surface area contributed by atoms with Crippen molar-refractivity contribution in [3.05, 3.63) is 34.0 Å². The Labute approximate surface area is 92.1 Å². The maximum atomic E-state index is 13.6. The molecule has 2 aromatic rings. The third-order valence-corrected chi connectivity index (χ3v) is 2.83. The molecular formula is C11H8BFN2O. The highest BCUT2D eigenvalue weighted by Crippen LogP contribution is 2.37. The van der Waals surface area contributed by atoms with Crippen LogP contribution in [0.1, 0.15) is 24.5 Å². The van der Waals surface area contributed by atoms with Crippen LogP contribution in [0, 0.1) is 5.82 Å². The zero-order chi connectivity index (χ0) is 11.3. The van der Waals surface area contributed by atoms with Gasteiger partial charge in [0.15, 0.2) is 0 Å². The predicted molar refractivity (Wildman–Crippen MR) is 59.7 cm³/mol. The van der Waals surface area contributed by atoms with Crippen molar-refractivity contribution in [1.82, 2.24) is 9.97 Å². The van der Waals surface area contributed by atoms with Gasteiger partial charge in [0.05, 0.1) is 5.52 Å². The lowest BCUT2D eigenvalue weighted by Gasteiger charge is -2.04. The number of nitrogens with one attached hydrogen (secondary N) is 1. The summed E-state index contributed by atoms with van der Waals surface area (Å²) >= 11 is 0. The quantitative estimate of drug-likeness (QED) is 0.711. The van der Waals surface area contributed by atoms with E-state index in [0.717, 1.165) is 12.8 Å². The summed E-state index contributed by atoms with van der Waals surface area (Å²) in [7, 11) is 5.42. The van der Waals surface area contributed by atoms with Crippen LogP contribution < -0.4 is 11.0 Å². The molecule has 78 valence electrons. The molecule has 1 aromatic heterocycles. The molecule has 1 heterocycles. The number of fused-ring (bicyclic) bond motifs is 1. The first-order valence-electron chi connectivity index (χ1n) is 5.14. The molecule has 1 saturated carbocycles.